The highest BCUT2D eigenvalue weighted by Gasteiger charge is 2.17. The molecule has 2 N–H and O–H groups in total. The molecule has 0 bridgehead atoms. The zero-order valence-corrected chi connectivity index (χ0v) is 17.4. The lowest BCUT2D eigenvalue weighted by Crippen LogP contribution is -2.17. The molecule has 1 heterocycles. The topological polar surface area (TPSA) is 97.1 Å². The van der Waals surface area contributed by atoms with Gasteiger partial charge >= 0.3 is 0 Å². The molecule has 0 fully saturated rings. The Morgan fingerprint density at radius 3 is 2.47 bits per heavy atom. The molecule has 2 aromatic carbocycles. The van der Waals surface area contributed by atoms with Crippen molar-refractivity contribution in [2.75, 3.05) is 12.4 Å². The van der Waals surface area contributed by atoms with Crippen LogP contribution in [0.4, 0.5) is 5.69 Å². The molecule has 7 nitrogen and oxygen atoms in total. The minimum atomic E-state index is -0.287. The Morgan fingerprint density at radius 2 is 1.83 bits per heavy atom. The van der Waals surface area contributed by atoms with Crippen LogP contribution < -0.4 is 10.6 Å². The number of nitrogens with one attached hydrogen (secondary N) is 2. The molecule has 0 atom stereocenters. The average Bonchev–Trinajstić information content (AvgIpc) is 3.24. The average molecular weight is 404 g/mol. The van der Waals surface area contributed by atoms with Gasteiger partial charge in [-0.2, -0.15) is 4.98 Å². The van der Waals surface area contributed by atoms with Gasteiger partial charge < -0.3 is 15.2 Å². The predicted molar refractivity (Wildman–Crippen MR) is 116 cm³/mol. The van der Waals surface area contributed by atoms with Crippen LogP contribution in [0, 0.1) is 6.92 Å². The molecule has 0 saturated heterocycles. The molecule has 0 radical (unpaired) electrons. The molecular formula is C23H24N4O3. The van der Waals surface area contributed by atoms with Crippen LogP contribution in [0.25, 0.3) is 17.5 Å². The fourth-order valence-electron chi connectivity index (χ4n) is 2.82. The first-order valence-electron chi connectivity index (χ1n) is 9.64. The van der Waals surface area contributed by atoms with Crippen molar-refractivity contribution in [1.29, 1.82) is 0 Å². The highest BCUT2D eigenvalue weighted by molar-refractivity contribution is 6.04. The molecule has 0 aliphatic carbocycles. The SMILES string of the molecule is CNC(=O)c1ccc(/C=C/C(=O)Nc2c(C)cccc2-c2nc(C(C)C)no2)cc1. The van der Waals surface area contributed by atoms with Gasteiger partial charge in [0.15, 0.2) is 5.82 Å². The van der Waals surface area contributed by atoms with Gasteiger partial charge in [-0.15, -0.1) is 0 Å². The maximum Gasteiger partial charge on any atom is 0.260 e. The number of nitrogens with zero attached hydrogens (tertiary/aromatic N) is 2. The van der Waals surface area contributed by atoms with E-state index in [4.69, 9.17) is 4.52 Å². The number of anilines is 1. The Hall–Kier alpha value is -3.74. The smallest absolute Gasteiger partial charge is 0.260 e. The molecule has 0 spiro atoms. The van der Waals surface area contributed by atoms with Gasteiger partial charge in [0, 0.05) is 24.6 Å². The van der Waals surface area contributed by atoms with Crippen molar-refractivity contribution < 1.29 is 14.1 Å². The summed E-state index contributed by atoms with van der Waals surface area (Å²) in [5.41, 5.74) is 3.55. The zero-order valence-electron chi connectivity index (χ0n) is 17.4. The van der Waals surface area contributed by atoms with Crippen molar-refractivity contribution in [3.63, 3.8) is 0 Å². The molecule has 1 aromatic heterocycles. The van der Waals surface area contributed by atoms with Crippen molar-refractivity contribution in [3.05, 3.63) is 71.1 Å². The second kappa shape index (κ2) is 9.17. The van der Waals surface area contributed by atoms with Crippen LogP contribution in [0.3, 0.4) is 0 Å². The van der Waals surface area contributed by atoms with E-state index in [2.05, 4.69) is 20.8 Å². The number of para-hydroxylation sites is 1. The fraction of sp³-hybridized carbons (Fsp3) is 0.217. The number of aryl methyl sites for hydroxylation is 1. The Morgan fingerprint density at radius 1 is 1.10 bits per heavy atom. The Bertz CT molecular complexity index is 1080. The monoisotopic (exact) mass is 404 g/mol. The van der Waals surface area contributed by atoms with E-state index >= 15 is 0 Å². The standard InChI is InChI=1S/C23H24N4O3/c1-14(2)21-26-23(30-27-21)18-7-5-6-15(3)20(18)25-19(28)13-10-16-8-11-17(12-9-16)22(29)24-4/h5-14H,1-4H3,(H,24,29)(H,25,28)/b13-10+. The number of benzene rings is 2. The van der Waals surface area contributed by atoms with Gasteiger partial charge in [0.25, 0.3) is 11.8 Å². The van der Waals surface area contributed by atoms with Crippen LogP contribution in [0.15, 0.2) is 53.1 Å². The van der Waals surface area contributed by atoms with Gasteiger partial charge in [0.2, 0.25) is 5.91 Å². The highest BCUT2D eigenvalue weighted by atomic mass is 16.5. The quantitative estimate of drug-likeness (QED) is 0.601. The minimum Gasteiger partial charge on any atom is -0.355 e. The molecule has 7 heteroatoms. The number of amides is 2. The molecule has 2 amide bonds. The molecule has 3 aromatic rings. The number of hydrogen-bond acceptors (Lipinski definition) is 5. The summed E-state index contributed by atoms with van der Waals surface area (Å²) in [5.74, 6) is 0.681. The van der Waals surface area contributed by atoms with E-state index in [9.17, 15) is 9.59 Å². The van der Waals surface area contributed by atoms with Gasteiger partial charge in [0.1, 0.15) is 0 Å². The molecule has 154 valence electrons. The summed E-state index contributed by atoms with van der Waals surface area (Å²) in [6.07, 6.45) is 3.13. The number of aromatic nitrogens is 2. The fourth-order valence-corrected chi connectivity index (χ4v) is 2.82. The third kappa shape index (κ3) is 4.81. The summed E-state index contributed by atoms with van der Waals surface area (Å²) in [6.45, 7) is 5.87. The molecule has 0 aliphatic rings. The number of carbonyl (C=O) groups is 2. The Balaban J connectivity index is 1.78. The van der Waals surface area contributed by atoms with E-state index in [1.807, 2.05) is 39.0 Å². The molecule has 3 rings (SSSR count). The lowest BCUT2D eigenvalue weighted by molar-refractivity contribution is -0.111. The number of rotatable bonds is 6. The second-order valence-corrected chi connectivity index (χ2v) is 7.13. The van der Waals surface area contributed by atoms with E-state index in [-0.39, 0.29) is 17.7 Å². The van der Waals surface area contributed by atoms with Crippen molar-refractivity contribution in [3.8, 4) is 11.5 Å². The normalized spacial score (nSPS) is 11.1. The molecule has 0 saturated carbocycles. The Kier molecular flexibility index (Phi) is 6.41. The van der Waals surface area contributed by atoms with Crippen molar-refractivity contribution in [2.45, 2.75) is 26.7 Å². The maximum atomic E-state index is 12.5. The summed E-state index contributed by atoms with van der Waals surface area (Å²) < 4.78 is 5.40. The lowest BCUT2D eigenvalue weighted by Gasteiger charge is -2.10. The first kappa shape index (κ1) is 21.0. The zero-order chi connectivity index (χ0) is 21.7. The van der Waals surface area contributed by atoms with Crippen LogP contribution in [0.5, 0.6) is 0 Å². The maximum absolute atomic E-state index is 12.5. The van der Waals surface area contributed by atoms with E-state index in [0.29, 0.717) is 28.5 Å². The van der Waals surface area contributed by atoms with Crippen LogP contribution in [0.2, 0.25) is 0 Å². The van der Waals surface area contributed by atoms with E-state index in [1.165, 1.54) is 6.08 Å². The van der Waals surface area contributed by atoms with Crippen LogP contribution in [0.1, 0.15) is 47.1 Å². The first-order chi connectivity index (χ1) is 14.4. The number of carbonyl (C=O) groups excluding carboxylic acids is 2. The summed E-state index contributed by atoms with van der Waals surface area (Å²) in [6, 6.07) is 12.6. The van der Waals surface area contributed by atoms with Crippen LogP contribution >= 0.6 is 0 Å². The van der Waals surface area contributed by atoms with E-state index in [1.54, 1.807) is 37.4 Å². The Labute approximate surface area is 175 Å². The largest absolute Gasteiger partial charge is 0.355 e. The summed E-state index contributed by atoms with van der Waals surface area (Å²) in [7, 11) is 1.58. The summed E-state index contributed by atoms with van der Waals surface area (Å²) in [5, 5.41) is 9.48. The van der Waals surface area contributed by atoms with Gasteiger partial charge in [-0.05, 0) is 42.3 Å². The van der Waals surface area contributed by atoms with Crippen molar-refractivity contribution in [1.82, 2.24) is 15.5 Å². The second-order valence-electron chi connectivity index (χ2n) is 7.13. The molecule has 30 heavy (non-hydrogen) atoms. The third-order valence-corrected chi connectivity index (χ3v) is 4.54. The summed E-state index contributed by atoms with van der Waals surface area (Å²) >= 11 is 0. The first-order valence-corrected chi connectivity index (χ1v) is 9.64. The summed E-state index contributed by atoms with van der Waals surface area (Å²) in [4.78, 5) is 28.6. The predicted octanol–water partition coefficient (Wildman–Crippen LogP) is 4.18. The third-order valence-electron chi connectivity index (χ3n) is 4.54. The van der Waals surface area contributed by atoms with E-state index < -0.39 is 0 Å². The minimum absolute atomic E-state index is 0.142. The van der Waals surface area contributed by atoms with Crippen LogP contribution in [-0.2, 0) is 4.79 Å². The highest BCUT2D eigenvalue weighted by Crippen LogP contribution is 2.30. The van der Waals surface area contributed by atoms with E-state index in [0.717, 1.165) is 11.1 Å². The van der Waals surface area contributed by atoms with Gasteiger partial charge in [-0.1, -0.05) is 43.3 Å². The van der Waals surface area contributed by atoms with Crippen LogP contribution in [-0.4, -0.2) is 29.0 Å². The number of hydrogen-bond donors (Lipinski definition) is 2. The van der Waals surface area contributed by atoms with Crippen molar-refractivity contribution >= 4 is 23.6 Å². The molecular weight excluding hydrogens is 380 g/mol. The lowest BCUT2D eigenvalue weighted by atomic mass is 10.1. The van der Waals surface area contributed by atoms with Gasteiger partial charge in [-0.25, -0.2) is 0 Å². The van der Waals surface area contributed by atoms with Crippen molar-refractivity contribution in [2.24, 2.45) is 0 Å². The van der Waals surface area contributed by atoms with Gasteiger partial charge in [-0.3, -0.25) is 9.59 Å². The molecule has 0 unspecified atom stereocenters. The van der Waals surface area contributed by atoms with Gasteiger partial charge in [0.05, 0.1) is 11.3 Å². The molecule has 0 aliphatic heterocycles.